The van der Waals surface area contributed by atoms with Crippen LogP contribution >= 0.6 is 11.6 Å². The fourth-order valence-electron chi connectivity index (χ4n) is 2.79. The second kappa shape index (κ2) is 5.04. The van der Waals surface area contributed by atoms with Crippen LogP contribution in [0, 0.1) is 6.92 Å². The van der Waals surface area contributed by atoms with Crippen LogP contribution in [-0.2, 0) is 16.4 Å². The number of anilines is 1. The van der Waals surface area contributed by atoms with Crippen molar-refractivity contribution in [1.29, 1.82) is 0 Å². The van der Waals surface area contributed by atoms with Gasteiger partial charge in [0.2, 0.25) is 0 Å². The minimum Gasteiger partial charge on any atom is -0.263 e. The van der Waals surface area contributed by atoms with Crippen LogP contribution in [0.15, 0.2) is 47.4 Å². The molecule has 2 aromatic carbocycles. The highest BCUT2D eigenvalue weighted by Crippen LogP contribution is 2.36. The first kappa shape index (κ1) is 14.4. The molecule has 0 aliphatic carbocycles. The molecule has 21 heavy (non-hydrogen) atoms. The lowest BCUT2D eigenvalue weighted by molar-refractivity contribution is 0.584. The molecule has 110 valence electrons. The van der Waals surface area contributed by atoms with Crippen LogP contribution in [0.25, 0.3) is 0 Å². The summed E-state index contributed by atoms with van der Waals surface area (Å²) in [7, 11) is -3.57. The molecule has 0 saturated carbocycles. The number of rotatable bonds is 2. The third kappa shape index (κ3) is 2.32. The van der Waals surface area contributed by atoms with E-state index in [1.54, 1.807) is 18.2 Å². The molecule has 1 aliphatic rings. The Balaban J connectivity index is 2.12. The summed E-state index contributed by atoms with van der Waals surface area (Å²) >= 11 is 5.99. The molecule has 2 aromatic rings. The van der Waals surface area contributed by atoms with Gasteiger partial charge in [0.05, 0.1) is 10.6 Å². The Morgan fingerprint density at radius 3 is 2.62 bits per heavy atom. The molecule has 3 rings (SSSR count). The quantitative estimate of drug-likeness (QED) is 0.844. The monoisotopic (exact) mass is 321 g/mol. The maximum absolute atomic E-state index is 13.0. The Morgan fingerprint density at radius 1 is 1.19 bits per heavy atom. The van der Waals surface area contributed by atoms with Crippen LogP contribution in [0.3, 0.4) is 0 Å². The minimum atomic E-state index is -3.57. The molecule has 0 spiro atoms. The predicted octanol–water partition coefficient (Wildman–Crippen LogP) is 3.79. The van der Waals surface area contributed by atoms with Crippen molar-refractivity contribution in [3.63, 3.8) is 0 Å². The SMILES string of the molecule is Cc1cc(S(=O)(=O)N2c3ccccc3C[C@H]2C)ccc1Cl. The summed E-state index contributed by atoms with van der Waals surface area (Å²) < 4.78 is 27.4. The van der Waals surface area contributed by atoms with E-state index >= 15 is 0 Å². The van der Waals surface area contributed by atoms with Gasteiger partial charge in [-0.1, -0.05) is 29.8 Å². The summed E-state index contributed by atoms with van der Waals surface area (Å²) in [5.74, 6) is 0. The van der Waals surface area contributed by atoms with Crippen LogP contribution < -0.4 is 4.31 Å². The minimum absolute atomic E-state index is 0.0802. The fraction of sp³-hybridized carbons (Fsp3) is 0.250. The van der Waals surface area contributed by atoms with Gasteiger partial charge < -0.3 is 0 Å². The van der Waals surface area contributed by atoms with E-state index in [0.717, 1.165) is 23.2 Å². The maximum Gasteiger partial charge on any atom is 0.264 e. The number of benzene rings is 2. The Bertz CT molecular complexity index is 802. The molecule has 0 radical (unpaired) electrons. The Morgan fingerprint density at radius 2 is 1.90 bits per heavy atom. The third-order valence-corrected chi connectivity index (χ3v) is 6.18. The summed E-state index contributed by atoms with van der Waals surface area (Å²) in [4.78, 5) is 0.285. The molecule has 0 N–H and O–H groups in total. The largest absolute Gasteiger partial charge is 0.264 e. The fourth-order valence-corrected chi connectivity index (χ4v) is 4.69. The molecule has 0 bridgehead atoms. The molecule has 1 aliphatic heterocycles. The van der Waals surface area contributed by atoms with Crippen molar-refractivity contribution in [3.05, 3.63) is 58.6 Å². The molecule has 0 amide bonds. The molecule has 5 heteroatoms. The van der Waals surface area contributed by atoms with Crippen molar-refractivity contribution in [3.8, 4) is 0 Å². The first-order chi connectivity index (χ1) is 9.91. The standard InChI is InChI=1S/C16H16ClNO2S/c1-11-9-14(7-8-15(11)17)21(19,20)18-12(2)10-13-5-3-4-6-16(13)18/h3-9,12H,10H2,1-2H3/t12-/m1/s1. The van der Waals surface area contributed by atoms with Crippen LogP contribution in [0.5, 0.6) is 0 Å². The average molecular weight is 322 g/mol. The van der Waals surface area contributed by atoms with Gasteiger partial charge in [-0.05, 0) is 55.7 Å². The van der Waals surface area contributed by atoms with E-state index in [9.17, 15) is 8.42 Å². The van der Waals surface area contributed by atoms with E-state index < -0.39 is 10.0 Å². The van der Waals surface area contributed by atoms with Gasteiger partial charge in [0.25, 0.3) is 10.0 Å². The molecular formula is C16H16ClNO2S. The molecule has 0 saturated heterocycles. The number of hydrogen-bond acceptors (Lipinski definition) is 2. The molecule has 0 fully saturated rings. The number of aryl methyl sites for hydroxylation is 1. The van der Waals surface area contributed by atoms with Gasteiger partial charge >= 0.3 is 0 Å². The predicted molar refractivity (Wildman–Crippen MR) is 85.5 cm³/mol. The second-order valence-electron chi connectivity index (χ2n) is 5.39. The van der Waals surface area contributed by atoms with E-state index in [1.165, 1.54) is 4.31 Å². The number of fused-ring (bicyclic) bond motifs is 1. The van der Waals surface area contributed by atoms with Crippen molar-refractivity contribution in [2.24, 2.45) is 0 Å². The van der Waals surface area contributed by atoms with E-state index in [0.29, 0.717) is 5.02 Å². The van der Waals surface area contributed by atoms with E-state index in [4.69, 9.17) is 11.6 Å². The van der Waals surface area contributed by atoms with Crippen molar-refractivity contribution in [2.45, 2.75) is 31.2 Å². The molecular weight excluding hydrogens is 306 g/mol. The second-order valence-corrected chi connectivity index (χ2v) is 7.62. The lowest BCUT2D eigenvalue weighted by Gasteiger charge is -2.24. The number of halogens is 1. The summed E-state index contributed by atoms with van der Waals surface area (Å²) in [6, 6.07) is 12.4. The number of para-hydroxylation sites is 1. The average Bonchev–Trinajstić information content (AvgIpc) is 2.78. The molecule has 1 heterocycles. The maximum atomic E-state index is 13.0. The highest BCUT2D eigenvalue weighted by atomic mass is 35.5. The summed E-state index contributed by atoms with van der Waals surface area (Å²) in [5.41, 5.74) is 2.61. The van der Waals surface area contributed by atoms with Crippen LogP contribution in [0.2, 0.25) is 5.02 Å². The van der Waals surface area contributed by atoms with E-state index in [-0.39, 0.29) is 10.9 Å². The van der Waals surface area contributed by atoms with Crippen LogP contribution in [0.4, 0.5) is 5.69 Å². The highest BCUT2D eigenvalue weighted by Gasteiger charge is 2.35. The first-order valence-corrected chi connectivity index (χ1v) is 8.61. The van der Waals surface area contributed by atoms with Crippen molar-refractivity contribution < 1.29 is 8.42 Å². The highest BCUT2D eigenvalue weighted by molar-refractivity contribution is 7.92. The van der Waals surface area contributed by atoms with Crippen molar-refractivity contribution in [2.75, 3.05) is 4.31 Å². The Hall–Kier alpha value is -1.52. The zero-order valence-electron chi connectivity index (χ0n) is 11.9. The Kier molecular flexibility index (Phi) is 3.46. The summed E-state index contributed by atoms with van der Waals surface area (Å²) in [6.07, 6.45) is 0.738. The van der Waals surface area contributed by atoms with Crippen LogP contribution in [-0.4, -0.2) is 14.5 Å². The Labute approximate surface area is 130 Å². The number of nitrogens with zero attached hydrogens (tertiary/aromatic N) is 1. The van der Waals surface area contributed by atoms with Crippen molar-refractivity contribution in [1.82, 2.24) is 0 Å². The normalized spacial score (nSPS) is 17.9. The van der Waals surface area contributed by atoms with Gasteiger partial charge in [-0.2, -0.15) is 0 Å². The van der Waals surface area contributed by atoms with Gasteiger partial charge in [-0.15, -0.1) is 0 Å². The van der Waals surface area contributed by atoms with Gasteiger partial charge in [0.1, 0.15) is 0 Å². The number of sulfonamides is 1. The molecule has 1 atom stereocenters. The summed E-state index contributed by atoms with van der Waals surface area (Å²) in [6.45, 7) is 3.74. The summed E-state index contributed by atoms with van der Waals surface area (Å²) in [5, 5.41) is 0.573. The molecule has 0 aromatic heterocycles. The first-order valence-electron chi connectivity index (χ1n) is 6.80. The molecule has 0 unspecified atom stereocenters. The van der Waals surface area contributed by atoms with Gasteiger partial charge in [-0.25, -0.2) is 8.42 Å². The lowest BCUT2D eigenvalue weighted by atomic mass is 10.1. The zero-order chi connectivity index (χ0) is 15.2. The zero-order valence-corrected chi connectivity index (χ0v) is 13.4. The van der Waals surface area contributed by atoms with Crippen molar-refractivity contribution >= 4 is 27.3 Å². The van der Waals surface area contributed by atoms with Gasteiger partial charge in [0.15, 0.2) is 0 Å². The van der Waals surface area contributed by atoms with E-state index in [1.807, 2.05) is 38.1 Å². The van der Waals surface area contributed by atoms with E-state index in [2.05, 4.69) is 0 Å². The smallest absolute Gasteiger partial charge is 0.263 e. The molecule has 3 nitrogen and oxygen atoms in total. The number of hydrogen-bond donors (Lipinski definition) is 0. The third-order valence-electron chi connectivity index (χ3n) is 3.83. The lowest BCUT2D eigenvalue weighted by Crippen LogP contribution is -2.35. The topological polar surface area (TPSA) is 37.4 Å². The van der Waals surface area contributed by atoms with Gasteiger partial charge in [-0.3, -0.25) is 4.31 Å². The van der Waals surface area contributed by atoms with Gasteiger partial charge in [0, 0.05) is 11.1 Å². The van der Waals surface area contributed by atoms with Crippen LogP contribution in [0.1, 0.15) is 18.1 Å².